The van der Waals surface area contributed by atoms with E-state index in [1.165, 1.54) is 0 Å². The van der Waals surface area contributed by atoms with E-state index in [-0.39, 0.29) is 0 Å². The molecular formula is C11H2F22O2. The average Bonchev–Trinajstić information content (AvgIpc) is 2.58. The average molecular weight is 584 g/mol. The summed E-state index contributed by atoms with van der Waals surface area (Å²) in [5.74, 6) is -79.4. The topological polar surface area (TPSA) is 40.5 Å². The first-order chi connectivity index (χ1) is 14.5. The quantitative estimate of drug-likeness (QED) is 0.277. The summed E-state index contributed by atoms with van der Waals surface area (Å²) >= 11 is 0. The van der Waals surface area contributed by atoms with E-state index in [1.807, 2.05) is 0 Å². The highest BCUT2D eigenvalue weighted by Crippen LogP contribution is 2.65. The van der Waals surface area contributed by atoms with Gasteiger partial charge in [-0.15, -0.1) is 0 Å². The molecule has 0 fully saturated rings. The first-order valence-electron chi connectivity index (χ1n) is 7.10. The summed E-state index contributed by atoms with van der Waals surface area (Å²) in [6, 6.07) is 0. The van der Waals surface area contributed by atoms with E-state index < -0.39 is 65.5 Å². The van der Waals surface area contributed by atoms with E-state index in [0.29, 0.717) is 0 Å². The van der Waals surface area contributed by atoms with Crippen LogP contribution in [-0.4, -0.2) is 75.7 Å². The van der Waals surface area contributed by atoms with Gasteiger partial charge in [0, 0.05) is 0 Å². The van der Waals surface area contributed by atoms with Gasteiger partial charge >= 0.3 is 65.5 Å². The molecule has 0 aromatic carbocycles. The maximum atomic E-state index is 13.3. The number of hydrogen-bond donors (Lipinski definition) is 2. The lowest BCUT2D eigenvalue weighted by Gasteiger charge is -2.45. The summed E-state index contributed by atoms with van der Waals surface area (Å²) in [6.07, 6.45) is -15.9. The Morgan fingerprint density at radius 2 is 0.400 bits per heavy atom. The maximum absolute atomic E-state index is 13.3. The van der Waals surface area contributed by atoms with Gasteiger partial charge in [0.05, 0.1) is 0 Å². The van der Waals surface area contributed by atoms with Crippen molar-refractivity contribution in [2.75, 3.05) is 0 Å². The van der Waals surface area contributed by atoms with E-state index in [9.17, 15) is 96.6 Å². The fourth-order valence-electron chi connectivity index (χ4n) is 1.78. The first kappa shape index (κ1) is 33.4. The third-order valence-corrected chi connectivity index (χ3v) is 3.95. The van der Waals surface area contributed by atoms with E-state index in [1.54, 1.807) is 0 Å². The first-order valence-corrected chi connectivity index (χ1v) is 7.10. The van der Waals surface area contributed by atoms with Gasteiger partial charge in [0.2, 0.25) is 0 Å². The number of hydrogen-bond acceptors (Lipinski definition) is 2. The van der Waals surface area contributed by atoms with Crippen LogP contribution in [0.1, 0.15) is 0 Å². The van der Waals surface area contributed by atoms with E-state index in [2.05, 4.69) is 0 Å². The zero-order valence-electron chi connectivity index (χ0n) is 14.7. The molecule has 0 unspecified atom stereocenters. The van der Waals surface area contributed by atoms with Crippen LogP contribution in [0.5, 0.6) is 0 Å². The maximum Gasteiger partial charge on any atom is 0.460 e. The molecule has 0 aromatic heterocycles. The Morgan fingerprint density at radius 1 is 0.229 bits per heavy atom. The van der Waals surface area contributed by atoms with Crippen molar-refractivity contribution in [3.63, 3.8) is 0 Å². The van der Waals surface area contributed by atoms with Crippen LogP contribution in [0.15, 0.2) is 0 Å². The van der Waals surface area contributed by atoms with Crippen molar-refractivity contribution in [3.05, 3.63) is 0 Å². The molecule has 212 valence electrons. The van der Waals surface area contributed by atoms with Gasteiger partial charge in [-0.05, 0) is 0 Å². The monoisotopic (exact) mass is 584 g/mol. The van der Waals surface area contributed by atoms with Crippen molar-refractivity contribution in [2.45, 2.75) is 65.5 Å². The third-order valence-electron chi connectivity index (χ3n) is 3.95. The highest BCUT2D eigenvalue weighted by atomic mass is 19.4. The molecule has 0 aliphatic heterocycles. The number of alkyl halides is 22. The number of rotatable bonds is 8. The highest BCUT2D eigenvalue weighted by molar-refractivity contribution is 5.18. The van der Waals surface area contributed by atoms with E-state index in [0.717, 1.165) is 0 Å². The zero-order chi connectivity index (χ0) is 29.5. The Hall–Kier alpha value is -1.62. The molecule has 0 bridgehead atoms. The molecule has 0 aromatic rings. The minimum absolute atomic E-state index is 7.86. The molecule has 2 N–H and O–H groups in total. The number of halogens is 22. The van der Waals surface area contributed by atoms with E-state index >= 15 is 0 Å². The molecule has 35 heavy (non-hydrogen) atoms. The van der Waals surface area contributed by atoms with Gasteiger partial charge in [0.1, 0.15) is 0 Å². The molecular weight excluding hydrogens is 582 g/mol. The summed E-state index contributed by atoms with van der Waals surface area (Å²) in [6.45, 7) is 0. The van der Waals surface area contributed by atoms with Gasteiger partial charge in [-0.2, -0.15) is 96.6 Å². The molecule has 0 saturated heterocycles. The predicted molar refractivity (Wildman–Crippen MR) is 58.9 cm³/mol. The minimum Gasteiger partial charge on any atom is -0.356 e. The molecule has 0 spiro atoms. The van der Waals surface area contributed by atoms with Crippen LogP contribution in [0.25, 0.3) is 0 Å². The lowest BCUT2D eigenvalue weighted by molar-refractivity contribution is -0.501. The Bertz CT molecular complexity index is 720. The normalized spacial score (nSPS) is 17.1. The second-order valence-electron chi connectivity index (χ2n) is 6.26. The van der Waals surface area contributed by atoms with Gasteiger partial charge in [0.25, 0.3) is 0 Å². The Labute approximate surface area is 174 Å². The van der Waals surface area contributed by atoms with Gasteiger partial charge in [-0.25, -0.2) is 0 Å². The Balaban J connectivity index is 7.15. The highest BCUT2D eigenvalue weighted by Gasteiger charge is 2.98. The Morgan fingerprint density at radius 3 is 0.600 bits per heavy atom. The van der Waals surface area contributed by atoms with Crippen LogP contribution >= 0.6 is 0 Å². The van der Waals surface area contributed by atoms with Crippen molar-refractivity contribution in [3.8, 4) is 0 Å². The summed E-state index contributed by atoms with van der Waals surface area (Å²) in [5, 5.41) is 16.3. The predicted octanol–water partition coefficient (Wildman–Crippen LogP) is 5.87. The molecule has 0 saturated carbocycles. The second-order valence-corrected chi connectivity index (χ2v) is 6.26. The molecule has 0 aliphatic carbocycles. The smallest absolute Gasteiger partial charge is 0.356 e. The molecule has 0 aliphatic rings. The van der Waals surface area contributed by atoms with Gasteiger partial charge < -0.3 is 10.2 Å². The van der Waals surface area contributed by atoms with Crippen molar-refractivity contribution >= 4 is 0 Å². The third kappa shape index (κ3) is 3.83. The molecule has 0 rings (SSSR count). The minimum atomic E-state index is -9.31. The van der Waals surface area contributed by atoms with Crippen molar-refractivity contribution < 1.29 is 107 Å². The van der Waals surface area contributed by atoms with Crippen molar-refractivity contribution in [1.29, 1.82) is 0 Å². The summed E-state index contributed by atoms with van der Waals surface area (Å²) in [7, 11) is 0. The molecule has 0 amide bonds. The van der Waals surface area contributed by atoms with Gasteiger partial charge in [-0.1, -0.05) is 0 Å². The summed E-state index contributed by atoms with van der Waals surface area (Å²) < 4.78 is 281. The van der Waals surface area contributed by atoms with Crippen LogP contribution in [0.3, 0.4) is 0 Å². The Kier molecular flexibility index (Phi) is 7.34. The second kappa shape index (κ2) is 7.69. The molecule has 24 heteroatoms. The fraction of sp³-hybridized carbons (Fsp3) is 1.00. The van der Waals surface area contributed by atoms with Crippen LogP contribution in [0.2, 0.25) is 0 Å². The lowest BCUT2D eigenvalue weighted by Crippen LogP contribution is -2.79. The lowest BCUT2D eigenvalue weighted by atomic mass is 9.85. The molecule has 0 atom stereocenters. The molecule has 2 nitrogen and oxygen atoms in total. The summed E-state index contributed by atoms with van der Waals surface area (Å²) in [4.78, 5) is 0. The van der Waals surface area contributed by atoms with Crippen LogP contribution in [-0.2, 0) is 0 Å². The van der Waals surface area contributed by atoms with Gasteiger partial charge in [0.15, 0.2) is 0 Å². The van der Waals surface area contributed by atoms with Crippen LogP contribution in [0, 0.1) is 0 Å². The van der Waals surface area contributed by atoms with Crippen LogP contribution in [0.4, 0.5) is 96.6 Å². The summed E-state index contributed by atoms with van der Waals surface area (Å²) in [5.41, 5.74) is 0. The molecule has 0 radical (unpaired) electrons. The standard InChI is InChI=1S/C11H2F22O2/c12-1(13,3(16,17)5(20,21)7(24,25)10(28,29)30)2(14,15)4(18,19)6(22,23)9(34,35)8(26,27)11(31,32)33/h34-35H. The largest absolute Gasteiger partial charge is 0.460 e. The van der Waals surface area contributed by atoms with Crippen molar-refractivity contribution in [2.24, 2.45) is 0 Å². The van der Waals surface area contributed by atoms with Gasteiger partial charge in [-0.3, -0.25) is 0 Å². The fourth-order valence-corrected chi connectivity index (χ4v) is 1.78. The van der Waals surface area contributed by atoms with Crippen molar-refractivity contribution in [1.82, 2.24) is 0 Å². The molecule has 0 heterocycles. The SMILES string of the molecule is OC(O)(C(F)(F)C(F)(F)F)C(F)(F)C(F)(F)C(F)(F)C(F)(F)C(F)(F)C(F)(F)C(F)(F)C(F)(F)F. The van der Waals surface area contributed by atoms with Crippen LogP contribution < -0.4 is 0 Å². The number of aliphatic hydroxyl groups is 2. The zero-order valence-corrected chi connectivity index (χ0v) is 14.7. The van der Waals surface area contributed by atoms with E-state index in [4.69, 9.17) is 10.2 Å².